The lowest BCUT2D eigenvalue weighted by Crippen LogP contribution is -2.55. The first-order valence-corrected chi connectivity index (χ1v) is 6.92. The van der Waals surface area contributed by atoms with Crippen LogP contribution in [0.5, 0.6) is 0 Å². The van der Waals surface area contributed by atoms with E-state index in [-0.39, 0.29) is 11.6 Å². The second-order valence-electron chi connectivity index (χ2n) is 4.74. The Bertz CT molecular complexity index is 352. The van der Waals surface area contributed by atoms with Crippen molar-refractivity contribution in [2.75, 3.05) is 13.1 Å². The van der Waals surface area contributed by atoms with Gasteiger partial charge >= 0.3 is 0 Å². The van der Waals surface area contributed by atoms with Crippen LogP contribution in [0.3, 0.4) is 0 Å². The molecule has 2 N–H and O–H groups in total. The van der Waals surface area contributed by atoms with Crippen molar-refractivity contribution in [2.45, 2.75) is 52.1 Å². The Morgan fingerprint density at radius 3 is 2.17 bits per heavy atom. The Morgan fingerprint density at radius 2 is 1.83 bits per heavy atom. The number of aryl methyl sites for hydroxylation is 1. The molecule has 1 aromatic rings. The van der Waals surface area contributed by atoms with Crippen molar-refractivity contribution in [3.05, 3.63) is 11.9 Å². The molecular weight excluding hydrogens is 226 g/mol. The molecule has 5 nitrogen and oxygen atoms in total. The summed E-state index contributed by atoms with van der Waals surface area (Å²) >= 11 is 0. The standard InChI is InChI=1S/C13H27N5/c1-6-13(7-2,18(8-3)9-4)12(14)11-10-15-16-17(11)5/h10,12H,6-9,14H2,1-5H3. The molecule has 0 fully saturated rings. The third kappa shape index (κ3) is 2.42. The zero-order valence-electron chi connectivity index (χ0n) is 12.3. The molecule has 0 aliphatic rings. The predicted octanol–water partition coefficient (Wildman–Crippen LogP) is 1.72. The predicted molar refractivity (Wildman–Crippen MR) is 74.2 cm³/mol. The molecule has 104 valence electrons. The van der Waals surface area contributed by atoms with E-state index in [1.54, 1.807) is 10.9 Å². The minimum absolute atomic E-state index is 0.0149. The minimum atomic E-state index is -0.0626. The molecule has 0 radical (unpaired) electrons. The molecular formula is C13H27N5. The highest BCUT2D eigenvalue weighted by molar-refractivity contribution is 5.11. The Kier molecular flexibility index (Phi) is 5.28. The third-order valence-electron chi connectivity index (χ3n) is 4.26. The van der Waals surface area contributed by atoms with Gasteiger partial charge in [-0.3, -0.25) is 9.58 Å². The van der Waals surface area contributed by atoms with Gasteiger partial charge in [0.1, 0.15) is 0 Å². The lowest BCUT2D eigenvalue weighted by Gasteiger charge is -2.46. The largest absolute Gasteiger partial charge is 0.321 e. The highest BCUT2D eigenvalue weighted by Gasteiger charge is 2.40. The van der Waals surface area contributed by atoms with E-state index in [1.165, 1.54) is 0 Å². The van der Waals surface area contributed by atoms with Crippen LogP contribution in [0.2, 0.25) is 0 Å². The molecule has 0 bridgehead atoms. The zero-order valence-corrected chi connectivity index (χ0v) is 12.3. The molecule has 1 unspecified atom stereocenters. The average molecular weight is 253 g/mol. The van der Waals surface area contributed by atoms with Gasteiger partial charge in [0, 0.05) is 12.6 Å². The van der Waals surface area contributed by atoms with Gasteiger partial charge in [-0.25, -0.2) is 0 Å². The third-order valence-corrected chi connectivity index (χ3v) is 4.26. The topological polar surface area (TPSA) is 60.0 Å². The van der Waals surface area contributed by atoms with Crippen LogP contribution in [0.4, 0.5) is 0 Å². The molecule has 0 aliphatic heterocycles. The number of hydrogen-bond donors (Lipinski definition) is 1. The summed E-state index contributed by atoms with van der Waals surface area (Å²) in [6, 6.07) is -0.0626. The maximum atomic E-state index is 6.55. The highest BCUT2D eigenvalue weighted by Crippen LogP contribution is 2.35. The van der Waals surface area contributed by atoms with Crippen LogP contribution in [0.15, 0.2) is 6.20 Å². The van der Waals surface area contributed by atoms with E-state index in [4.69, 9.17) is 5.73 Å². The van der Waals surface area contributed by atoms with Crippen molar-refractivity contribution in [1.29, 1.82) is 0 Å². The Morgan fingerprint density at radius 1 is 1.28 bits per heavy atom. The van der Waals surface area contributed by atoms with E-state index in [9.17, 15) is 0 Å². The van der Waals surface area contributed by atoms with Gasteiger partial charge in [0.25, 0.3) is 0 Å². The van der Waals surface area contributed by atoms with E-state index in [1.807, 2.05) is 7.05 Å². The van der Waals surface area contributed by atoms with Crippen LogP contribution in [-0.4, -0.2) is 38.5 Å². The second kappa shape index (κ2) is 6.29. The summed E-state index contributed by atoms with van der Waals surface area (Å²) < 4.78 is 1.79. The summed E-state index contributed by atoms with van der Waals surface area (Å²) in [6.45, 7) is 10.8. The molecule has 0 aliphatic carbocycles. The molecule has 1 atom stereocenters. The maximum absolute atomic E-state index is 6.55. The number of rotatable bonds is 7. The molecule has 18 heavy (non-hydrogen) atoms. The van der Waals surface area contributed by atoms with Gasteiger partial charge in [-0.1, -0.05) is 32.9 Å². The number of aromatic nitrogens is 3. The first kappa shape index (κ1) is 15.1. The van der Waals surface area contributed by atoms with Crippen molar-refractivity contribution in [1.82, 2.24) is 19.9 Å². The lowest BCUT2D eigenvalue weighted by atomic mass is 9.81. The van der Waals surface area contributed by atoms with Crippen LogP contribution < -0.4 is 5.73 Å². The second-order valence-corrected chi connectivity index (χ2v) is 4.74. The molecule has 1 rings (SSSR count). The summed E-state index contributed by atoms with van der Waals surface area (Å²) in [7, 11) is 1.90. The lowest BCUT2D eigenvalue weighted by molar-refractivity contribution is 0.0599. The molecule has 5 heteroatoms. The average Bonchev–Trinajstić information content (AvgIpc) is 2.81. The summed E-state index contributed by atoms with van der Waals surface area (Å²) in [5.74, 6) is 0. The first-order valence-electron chi connectivity index (χ1n) is 6.92. The fraction of sp³-hybridized carbons (Fsp3) is 0.846. The van der Waals surface area contributed by atoms with E-state index in [0.717, 1.165) is 31.6 Å². The maximum Gasteiger partial charge on any atom is 0.0770 e. The molecule has 0 saturated carbocycles. The van der Waals surface area contributed by atoms with Gasteiger partial charge in [0.15, 0.2) is 0 Å². The molecule has 0 spiro atoms. The number of hydrogen-bond acceptors (Lipinski definition) is 4. The fourth-order valence-corrected chi connectivity index (χ4v) is 3.04. The van der Waals surface area contributed by atoms with Gasteiger partial charge in [0.2, 0.25) is 0 Å². The molecule has 1 heterocycles. The number of likely N-dealkylation sites (N-methyl/N-ethyl adjacent to an activating group) is 1. The van der Waals surface area contributed by atoms with Crippen molar-refractivity contribution < 1.29 is 0 Å². The quantitative estimate of drug-likeness (QED) is 0.803. The fourth-order valence-electron chi connectivity index (χ4n) is 3.04. The first-order chi connectivity index (χ1) is 8.57. The van der Waals surface area contributed by atoms with Crippen molar-refractivity contribution >= 4 is 0 Å². The summed E-state index contributed by atoms with van der Waals surface area (Å²) in [5.41, 5.74) is 7.54. The monoisotopic (exact) mass is 253 g/mol. The van der Waals surface area contributed by atoms with Gasteiger partial charge in [-0.05, 0) is 25.9 Å². The SMILES string of the molecule is CCN(CC)C(CC)(CC)C(N)c1cnnn1C. The normalized spacial score (nSPS) is 14.2. The van der Waals surface area contributed by atoms with Crippen molar-refractivity contribution in [2.24, 2.45) is 12.8 Å². The van der Waals surface area contributed by atoms with E-state index in [2.05, 4.69) is 42.9 Å². The van der Waals surface area contributed by atoms with Gasteiger partial charge < -0.3 is 5.73 Å². The van der Waals surface area contributed by atoms with Crippen molar-refractivity contribution in [3.63, 3.8) is 0 Å². The smallest absolute Gasteiger partial charge is 0.0770 e. The van der Waals surface area contributed by atoms with E-state index >= 15 is 0 Å². The highest BCUT2D eigenvalue weighted by atomic mass is 15.4. The molecule has 0 aromatic carbocycles. The summed E-state index contributed by atoms with van der Waals surface area (Å²) in [4.78, 5) is 2.46. The summed E-state index contributed by atoms with van der Waals surface area (Å²) in [5, 5.41) is 7.95. The summed E-state index contributed by atoms with van der Waals surface area (Å²) in [6.07, 6.45) is 3.84. The Hall–Kier alpha value is -0.940. The minimum Gasteiger partial charge on any atom is -0.321 e. The Labute approximate surface area is 110 Å². The molecule has 1 aromatic heterocycles. The zero-order chi connectivity index (χ0) is 13.8. The van der Waals surface area contributed by atoms with Crippen LogP contribution >= 0.6 is 0 Å². The van der Waals surface area contributed by atoms with E-state index < -0.39 is 0 Å². The van der Waals surface area contributed by atoms with Gasteiger partial charge in [-0.15, -0.1) is 5.10 Å². The number of nitrogens with two attached hydrogens (primary N) is 1. The molecule has 0 amide bonds. The number of nitrogens with zero attached hydrogens (tertiary/aromatic N) is 4. The van der Waals surface area contributed by atoms with Crippen LogP contribution in [-0.2, 0) is 7.05 Å². The Balaban J connectivity index is 3.15. The van der Waals surface area contributed by atoms with Crippen LogP contribution in [0.1, 0.15) is 52.3 Å². The molecule has 0 saturated heterocycles. The van der Waals surface area contributed by atoms with Crippen LogP contribution in [0.25, 0.3) is 0 Å². The van der Waals surface area contributed by atoms with Crippen LogP contribution in [0, 0.1) is 0 Å². The van der Waals surface area contributed by atoms with E-state index in [0.29, 0.717) is 0 Å². The van der Waals surface area contributed by atoms with Gasteiger partial charge in [-0.2, -0.15) is 0 Å². The van der Waals surface area contributed by atoms with Gasteiger partial charge in [0.05, 0.1) is 17.9 Å². The van der Waals surface area contributed by atoms with Crippen molar-refractivity contribution in [3.8, 4) is 0 Å².